The highest BCUT2D eigenvalue weighted by molar-refractivity contribution is 7.91. The lowest BCUT2D eigenvalue weighted by Crippen LogP contribution is -2.27. The maximum Gasteiger partial charge on any atom is 0.280 e. The first kappa shape index (κ1) is 17.3. The molecule has 0 radical (unpaired) electrons. The van der Waals surface area contributed by atoms with Crippen LogP contribution in [-0.2, 0) is 9.84 Å². The Morgan fingerprint density at radius 1 is 1.28 bits per heavy atom. The average molecular weight is 383 g/mol. The highest BCUT2D eigenvalue weighted by Gasteiger charge is 2.18. The summed E-state index contributed by atoms with van der Waals surface area (Å²) in [4.78, 5) is 19.9. The van der Waals surface area contributed by atoms with E-state index in [0.717, 1.165) is 23.3 Å². The van der Waals surface area contributed by atoms with Crippen molar-refractivity contribution in [3.63, 3.8) is 0 Å². The summed E-state index contributed by atoms with van der Waals surface area (Å²) < 4.78 is 38.7. The van der Waals surface area contributed by atoms with Gasteiger partial charge in [-0.1, -0.05) is 18.5 Å². The number of anilines is 1. The van der Waals surface area contributed by atoms with Gasteiger partial charge in [0.05, 0.1) is 33.4 Å². The smallest absolute Gasteiger partial charge is 0.280 e. The van der Waals surface area contributed by atoms with Crippen LogP contribution in [-0.4, -0.2) is 28.8 Å². The number of sulfone groups is 1. The number of rotatable bonds is 4. The molecule has 25 heavy (non-hydrogen) atoms. The van der Waals surface area contributed by atoms with Crippen molar-refractivity contribution in [2.24, 2.45) is 0 Å². The quantitative estimate of drug-likeness (QED) is 0.695. The number of nitrogens with one attached hydrogen (secondary N) is 1. The van der Waals surface area contributed by atoms with Crippen LogP contribution in [0.3, 0.4) is 0 Å². The highest BCUT2D eigenvalue weighted by atomic mass is 35.5. The Labute approximate surface area is 147 Å². The number of nitrogens with zero attached hydrogens (tertiary/aromatic N) is 3. The molecular formula is C15H12ClFN4O3S. The second kappa shape index (κ2) is 6.41. The molecule has 0 unspecified atom stereocenters. The minimum atomic E-state index is -3.55. The van der Waals surface area contributed by atoms with Crippen LogP contribution in [0.4, 0.5) is 10.1 Å². The second-order valence-corrected chi connectivity index (χ2v) is 7.78. The molecular weight excluding hydrogens is 371 g/mol. The maximum absolute atomic E-state index is 13.3. The molecule has 2 aromatic heterocycles. The third kappa shape index (κ3) is 3.33. The number of hydrogen-bond donors (Lipinski definition) is 1. The van der Waals surface area contributed by atoms with Gasteiger partial charge in [-0.2, -0.15) is 4.39 Å². The lowest BCUT2D eigenvalue weighted by atomic mass is 10.3. The SMILES string of the molecule is CCS(=O)(=O)c1ccc(Cl)cc1Nn1cnc2cnc(F)cc2c1=O. The number of benzene rings is 1. The molecule has 130 valence electrons. The van der Waals surface area contributed by atoms with E-state index in [1.54, 1.807) is 0 Å². The molecule has 10 heteroatoms. The van der Waals surface area contributed by atoms with E-state index in [2.05, 4.69) is 15.4 Å². The predicted octanol–water partition coefficient (Wildman–Crippen LogP) is 2.25. The van der Waals surface area contributed by atoms with Crippen LogP contribution in [0.2, 0.25) is 5.02 Å². The van der Waals surface area contributed by atoms with E-state index in [0.29, 0.717) is 0 Å². The van der Waals surface area contributed by atoms with E-state index in [-0.39, 0.29) is 32.3 Å². The Morgan fingerprint density at radius 3 is 2.76 bits per heavy atom. The normalized spacial score (nSPS) is 11.6. The summed E-state index contributed by atoms with van der Waals surface area (Å²) >= 11 is 5.94. The molecule has 0 aliphatic carbocycles. The first-order valence-electron chi connectivity index (χ1n) is 7.14. The molecule has 0 fully saturated rings. The van der Waals surface area contributed by atoms with Gasteiger partial charge in [0.2, 0.25) is 5.95 Å². The molecule has 0 saturated heterocycles. The lowest BCUT2D eigenvalue weighted by Gasteiger charge is -2.14. The zero-order valence-corrected chi connectivity index (χ0v) is 14.5. The van der Waals surface area contributed by atoms with Crippen LogP contribution in [0, 0.1) is 5.95 Å². The van der Waals surface area contributed by atoms with Crippen molar-refractivity contribution < 1.29 is 12.8 Å². The van der Waals surface area contributed by atoms with Gasteiger partial charge < -0.3 is 0 Å². The van der Waals surface area contributed by atoms with Crippen molar-refractivity contribution in [1.82, 2.24) is 14.6 Å². The maximum atomic E-state index is 13.3. The molecule has 0 amide bonds. The van der Waals surface area contributed by atoms with Gasteiger partial charge in [-0.05, 0) is 18.2 Å². The first-order valence-corrected chi connectivity index (χ1v) is 9.17. The molecule has 0 bridgehead atoms. The average Bonchev–Trinajstić information content (AvgIpc) is 2.58. The second-order valence-electron chi connectivity index (χ2n) is 5.10. The zero-order valence-electron chi connectivity index (χ0n) is 12.9. The molecule has 7 nitrogen and oxygen atoms in total. The van der Waals surface area contributed by atoms with Gasteiger partial charge in [-0.15, -0.1) is 0 Å². The van der Waals surface area contributed by atoms with Gasteiger partial charge in [0.25, 0.3) is 5.56 Å². The molecule has 0 aliphatic heterocycles. The van der Waals surface area contributed by atoms with E-state index >= 15 is 0 Å². The van der Waals surface area contributed by atoms with Crippen LogP contribution in [0.5, 0.6) is 0 Å². The third-order valence-electron chi connectivity index (χ3n) is 3.51. The Hall–Kier alpha value is -2.52. The van der Waals surface area contributed by atoms with Crippen molar-refractivity contribution in [3.05, 3.63) is 58.1 Å². The zero-order chi connectivity index (χ0) is 18.2. The van der Waals surface area contributed by atoms with E-state index < -0.39 is 21.3 Å². The predicted molar refractivity (Wildman–Crippen MR) is 92.0 cm³/mol. The van der Waals surface area contributed by atoms with E-state index in [9.17, 15) is 17.6 Å². The summed E-state index contributed by atoms with van der Waals surface area (Å²) in [5.74, 6) is -0.938. The van der Waals surface area contributed by atoms with Crippen LogP contribution in [0.15, 0.2) is 46.5 Å². The molecule has 3 aromatic rings. The first-order chi connectivity index (χ1) is 11.8. The Balaban J connectivity index is 2.15. The molecule has 0 saturated carbocycles. The summed E-state index contributed by atoms with van der Waals surface area (Å²) in [7, 11) is -3.55. The molecule has 2 heterocycles. The van der Waals surface area contributed by atoms with Gasteiger partial charge in [0.15, 0.2) is 9.84 Å². The minimum absolute atomic E-state index is 0.00410. The van der Waals surface area contributed by atoms with Gasteiger partial charge in [0.1, 0.15) is 6.33 Å². The Bertz CT molecular complexity index is 1130. The van der Waals surface area contributed by atoms with Gasteiger partial charge in [0, 0.05) is 11.1 Å². The van der Waals surface area contributed by atoms with Gasteiger partial charge >= 0.3 is 0 Å². The third-order valence-corrected chi connectivity index (χ3v) is 5.53. The Kier molecular flexibility index (Phi) is 4.44. The van der Waals surface area contributed by atoms with Gasteiger partial charge in [-0.25, -0.2) is 23.1 Å². The fourth-order valence-corrected chi connectivity index (χ4v) is 3.42. The van der Waals surface area contributed by atoms with Gasteiger partial charge in [-0.3, -0.25) is 10.2 Å². The molecule has 1 aromatic carbocycles. The highest BCUT2D eigenvalue weighted by Crippen LogP contribution is 2.26. The largest absolute Gasteiger partial charge is 0.289 e. The fourth-order valence-electron chi connectivity index (χ4n) is 2.22. The molecule has 1 N–H and O–H groups in total. The van der Waals surface area contributed by atoms with Crippen LogP contribution < -0.4 is 11.0 Å². The van der Waals surface area contributed by atoms with Crippen molar-refractivity contribution in [3.8, 4) is 0 Å². The molecule has 0 aliphatic rings. The van der Waals surface area contributed by atoms with Crippen LogP contribution in [0.1, 0.15) is 6.92 Å². The van der Waals surface area contributed by atoms with E-state index in [1.807, 2.05) is 0 Å². The molecule has 0 spiro atoms. The van der Waals surface area contributed by atoms with Crippen molar-refractivity contribution >= 4 is 38.0 Å². The fraction of sp³-hybridized carbons (Fsp3) is 0.133. The summed E-state index contributed by atoms with van der Waals surface area (Å²) in [6, 6.07) is 5.14. The monoisotopic (exact) mass is 382 g/mol. The number of pyridine rings is 1. The molecule has 3 rings (SSSR count). The number of hydrogen-bond acceptors (Lipinski definition) is 6. The van der Waals surface area contributed by atoms with Crippen LogP contribution in [0.25, 0.3) is 10.9 Å². The van der Waals surface area contributed by atoms with E-state index in [1.165, 1.54) is 25.1 Å². The summed E-state index contributed by atoms with van der Waals surface area (Å²) in [6.07, 6.45) is 2.30. The van der Waals surface area contributed by atoms with Crippen molar-refractivity contribution in [1.29, 1.82) is 0 Å². The number of fused-ring (bicyclic) bond motifs is 1. The Morgan fingerprint density at radius 2 is 2.04 bits per heavy atom. The summed E-state index contributed by atoms with van der Waals surface area (Å²) in [5.41, 5.74) is 2.40. The topological polar surface area (TPSA) is 93.9 Å². The van der Waals surface area contributed by atoms with Crippen LogP contribution >= 0.6 is 11.6 Å². The summed E-state index contributed by atoms with van der Waals surface area (Å²) in [6.45, 7) is 1.51. The number of aromatic nitrogens is 3. The van der Waals surface area contributed by atoms with Crippen molar-refractivity contribution in [2.45, 2.75) is 11.8 Å². The molecule has 0 atom stereocenters. The summed E-state index contributed by atoms with van der Waals surface area (Å²) in [5, 5.41) is 0.291. The van der Waals surface area contributed by atoms with Crippen molar-refractivity contribution in [2.75, 3.05) is 11.2 Å². The standard InChI is InChI=1S/C15H12ClFN4O3S/c1-2-25(23,24)13-4-3-9(16)5-11(13)20-21-8-19-12-7-18-14(17)6-10(12)15(21)22/h3-8,20H,2H2,1H3. The number of halogens is 2. The van der Waals surface area contributed by atoms with E-state index in [4.69, 9.17) is 11.6 Å². The minimum Gasteiger partial charge on any atom is -0.289 e. The lowest BCUT2D eigenvalue weighted by molar-refractivity contribution is 0.585.